The molecule has 2 aromatic carbocycles. The van der Waals surface area contributed by atoms with E-state index in [1.54, 1.807) is 6.92 Å². The second-order valence-electron chi connectivity index (χ2n) is 6.07. The average molecular weight is 310 g/mol. The molecule has 0 unspecified atom stereocenters. The van der Waals surface area contributed by atoms with Gasteiger partial charge in [-0.2, -0.15) is 0 Å². The monoisotopic (exact) mass is 309 g/mol. The lowest BCUT2D eigenvalue weighted by Gasteiger charge is -2.17. The molecule has 1 N–H and O–H groups in total. The van der Waals surface area contributed by atoms with Crippen LogP contribution in [0.15, 0.2) is 48.5 Å². The lowest BCUT2D eigenvalue weighted by Crippen LogP contribution is -2.12. The molecular weight excluding hydrogens is 294 g/mol. The Morgan fingerprint density at radius 3 is 2.50 bits per heavy atom. The Morgan fingerprint density at radius 2 is 1.86 bits per heavy atom. The van der Waals surface area contributed by atoms with E-state index in [0.717, 1.165) is 35.0 Å². The van der Waals surface area contributed by atoms with Gasteiger partial charge in [-0.15, -0.1) is 0 Å². The van der Waals surface area contributed by atoms with Crippen LogP contribution in [-0.4, -0.2) is 10.8 Å². The van der Waals surface area contributed by atoms with Crippen molar-refractivity contribution in [3.63, 3.8) is 0 Å². The summed E-state index contributed by atoms with van der Waals surface area (Å²) < 4.78 is 0. The molecule has 0 amide bonds. The standard InChI is InChI=1S/C19H16ClNO/c1-12(22)18-17(15-11-14(20)7-8-16(15)21-18)19(9-10-19)13-5-3-2-4-6-13/h2-8,11,21H,9-10H2,1H3. The van der Waals surface area contributed by atoms with Gasteiger partial charge in [0.25, 0.3) is 0 Å². The number of fused-ring (bicyclic) bond motifs is 1. The number of H-pyrrole nitrogens is 1. The molecule has 4 rings (SSSR count). The molecule has 1 aliphatic rings. The molecule has 1 aliphatic carbocycles. The minimum atomic E-state index is -0.0504. The molecule has 1 saturated carbocycles. The van der Waals surface area contributed by atoms with Crippen molar-refractivity contribution < 1.29 is 4.79 Å². The fraction of sp³-hybridized carbons (Fsp3) is 0.211. The van der Waals surface area contributed by atoms with Crippen molar-refractivity contribution >= 4 is 28.3 Å². The Labute approximate surface area is 134 Å². The van der Waals surface area contributed by atoms with Crippen LogP contribution in [0, 0.1) is 0 Å². The number of hydrogen-bond acceptors (Lipinski definition) is 1. The minimum absolute atomic E-state index is 0.0504. The maximum atomic E-state index is 12.2. The fourth-order valence-electron chi connectivity index (χ4n) is 3.49. The first-order valence-electron chi connectivity index (χ1n) is 7.50. The number of carbonyl (C=O) groups excluding carboxylic acids is 1. The molecule has 0 radical (unpaired) electrons. The number of halogens is 1. The van der Waals surface area contributed by atoms with E-state index in [4.69, 9.17) is 11.6 Å². The van der Waals surface area contributed by atoms with Crippen LogP contribution < -0.4 is 0 Å². The van der Waals surface area contributed by atoms with E-state index in [2.05, 4.69) is 29.2 Å². The Hall–Kier alpha value is -2.06. The summed E-state index contributed by atoms with van der Waals surface area (Å²) in [6, 6.07) is 16.2. The van der Waals surface area contributed by atoms with E-state index >= 15 is 0 Å². The van der Waals surface area contributed by atoms with E-state index in [-0.39, 0.29) is 11.2 Å². The summed E-state index contributed by atoms with van der Waals surface area (Å²) in [5.74, 6) is 0.0736. The number of hydrogen-bond donors (Lipinski definition) is 1. The van der Waals surface area contributed by atoms with Gasteiger partial charge in [0.1, 0.15) is 0 Å². The second kappa shape index (κ2) is 4.72. The lowest BCUT2D eigenvalue weighted by atomic mass is 9.85. The Kier molecular flexibility index (Phi) is 2.92. The van der Waals surface area contributed by atoms with Gasteiger partial charge in [-0.25, -0.2) is 0 Å². The first-order valence-corrected chi connectivity index (χ1v) is 7.88. The van der Waals surface area contributed by atoms with Crippen molar-refractivity contribution in [2.24, 2.45) is 0 Å². The van der Waals surface area contributed by atoms with Crippen molar-refractivity contribution in [1.82, 2.24) is 4.98 Å². The van der Waals surface area contributed by atoms with Crippen molar-refractivity contribution in [2.75, 3.05) is 0 Å². The van der Waals surface area contributed by atoms with Gasteiger partial charge < -0.3 is 4.98 Å². The molecule has 3 aromatic rings. The van der Waals surface area contributed by atoms with Crippen LogP contribution in [0.1, 0.15) is 41.4 Å². The highest BCUT2D eigenvalue weighted by molar-refractivity contribution is 6.31. The zero-order chi connectivity index (χ0) is 15.3. The maximum absolute atomic E-state index is 12.2. The molecule has 1 aromatic heterocycles. The first kappa shape index (κ1) is 13.6. The summed E-state index contributed by atoms with van der Waals surface area (Å²) in [6.07, 6.45) is 2.13. The van der Waals surface area contributed by atoms with Crippen LogP contribution in [-0.2, 0) is 5.41 Å². The first-order chi connectivity index (χ1) is 10.6. The number of ketones is 1. The Balaban J connectivity index is 2.03. The molecule has 0 saturated heterocycles. The number of aromatic amines is 1. The van der Waals surface area contributed by atoms with Gasteiger partial charge in [0, 0.05) is 28.3 Å². The highest BCUT2D eigenvalue weighted by Gasteiger charge is 2.49. The second-order valence-corrected chi connectivity index (χ2v) is 6.51. The predicted molar refractivity (Wildman–Crippen MR) is 89.8 cm³/mol. The highest BCUT2D eigenvalue weighted by Crippen LogP contribution is 2.56. The summed E-state index contributed by atoms with van der Waals surface area (Å²) in [5.41, 5.74) is 4.04. The average Bonchev–Trinajstić information content (AvgIpc) is 3.23. The minimum Gasteiger partial charge on any atom is -0.352 e. The Bertz CT molecular complexity index is 875. The number of carbonyl (C=O) groups is 1. The number of benzene rings is 2. The summed E-state index contributed by atoms with van der Waals surface area (Å²) >= 11 is 6.20. The van der Waals surface area contributed by atoms with Crippen LogP contribution in [0.4, 0.5) is 0 Å². The van der Waals surface area contributed by atoms with Gasteiger partial charge in [0.15, 0.2) is 5.78 Å². The molecule has 1 fully saturated rings. The molecular formula is C19H16ClNO. The zero-order valence-corrected chi connectivity index (χ0v) is 13.1. The van der Waals surface area contributed by atoms with Crippen molar-refractivity contribution in [3.05, 3.63) is 70.4 Å². The zero-order valence-electron chi connectivity index (χ0n) is 12.3. The van der Waals surface area contributed by atoms with Crippen LogP contribution in [0.3, 0.4) is 0 Å². The predicted octanol–water partition coefficient (Wildman–Crippen LogP) is 5.10. The van der Waals surface area contributed by atoms with E-state index in [1.807, 2.05) is 24.3 Å². The number of aromatic nitrogens is 1. The van der Waals surface area contributed by atoms with Gasteiger partial charge in [0.05, 0.1) is 5.69 Å². The molecule has 0 bridgehead atoms. The van der Waals surface area contributed by atoms with E-state index in [1.165, 1.54) is 5.56 Å². The molecule has 3 heteroatoms. The third-order valence-electron chi connectivity index (χ3n) is 4.67. The van der Waals surface area contributed by atoms with E-state index in [9.17, 15) is 4.79 Å². The molecule has 2 nitrogen and oxygen atoms in total. The summed E-state index contributed by atoms with van der Waals surface area (Å²) in [4.78, 5) is 15.5. The fourth-order valence-corrected chi connectivity index (χ4v) is 3.66. The van der Waals surface area contributed by atoms with Crippen molar-refractivity contribution in [2.45, 2.75) is 25.2 Å². The van der Waals surface area contributed by atoms with E-state index < -0.39 is 0 Å². The van der Waals surface area contributed by atoms with E-state index in [0.29, 0.717) is 5.02 Å². The van der Waals surface area contributed by atoms with Gasteiger partial charge in [-0.05, 0) is 42.2 Å². The molecule has 0 aliphatic heterocycles. The molecule has 22 heavy (non-hydrogen) atoms. The van der Waals surface area contributed by atoms with Crippen LogP contribution in [0.5, 0.6) is 0 Å². The summed E-state index contributed by atoms with van der Waals surface area (Å²) in [5, 5.41) is 1.77. The Morgan fingerprint density at radius 1 is 1.14 bits per heavy atom. The van der Waals surface area contributed by atoms with Crippen LogP contribution in [0.25, 0.3) is 10.9 Å². The molecule has 0 atom stereocenters. The molecule has 0 spiro atoms. The number of nitrogens with one attached hydrogen (secondary N) is 1. The third-order valence-corrected chi connectivity index (χ3v) is 4.90. The maximum Gasteiger partial charge on any atom is 0.176 e. The van der Waals surface area contributed by atoms with Gasteiger partial charge >= 0.3 is 0 Å². The highest BCUT2D eigenvalue weighted by atomic mass is 35.5. The van der Waals surface area contributed by atoms with Crippen molar-refractivity contribution in [1.29, 1.82) is 0 Å². The largest absolute Gasteiger partial charge is 0.352 e. The van der Waals surface area contributed by atoms with Gasteiger partial charge in [0.2, 0.25) is 0 Å². The summed E-state index contributed by atoms with van der Waals surface area (Å²) in [7, 11) is 0. The number of rotatable bonds is 3. The summed E-state index contributed by atoms with van der Waals surface area (Å²) in [6.45, 7) is 1.62. The lowest BCUT2D eigenvalue weighted by molar-refractivity contribution is 0.101. The van der Waals surface area contributed by atoms with Crippen LogP contribution >= 0.6 is 11.6 Å². The quantitative estimate of drug-likeness (QED) is 0.670. The molecule has 110 valence electrons. The smallest absolute Gasteiger partial charge is 0.176 e. The molecule has 1 heterocycles. The normalized spacial score (nSPS) is 15.9. The topological polar surface area (TPSA) is 32.9 Å². The van der Waals surface area contributed by atoms with Gasteiger partial charge in [-0.1, -0.05) is 41.9 Å². The number of Topliss-reactive ketones (excluding diaryl/α,β-unsaturated/α-hetero) is 1. The van der Waals surface area contributed by atoms with Crippen molar-refractivity contribution in [3.8, 4) is 0 Å². The third kappa shape index (κ3) is 1.91. The SMILES string of the molecule is CC(=O)c1[nH]c2ccc(Cl)cc2c1C1(c2ccccc2)CC1. The van der Waals surface area contributed by atoms with Crippen LogP contribution in [0.2, 0.25) is 5.02 Å². The van der Waals surface area contributed by atoms with Gasteiger partial charge in [-0.3, -0.25) is 4.79 Å².